The fourth-order valence-electron chi connectivity index (χ4n) is 3.63. The first kappa shape index (κ1) is 25.6. The lowest BCUT2D eigenvalue weighted by atomic mass is 10.1. The first-order chi connectivity index (χ1) is 13.7. The quantitative estimate of drug-likeness (QED) is 0.238. The molecule has 0 amide bonds. The zero-order chi connectivity index (χ0) is 20.5. The molecule has 0 spiro atoms. The molecule has 28 heavy (non-hydrogen) atoms. The molecule has 166 valence electrons. The SMILES string of the molecule is CCCCCCCCCCCC/C=C/CCCO[C@@H](CO)[C@@H]1OC[C@@H](O)[C@@H]1O. The van der Waals surface area contributed by atoms with Gasteiger partial charge in [0.1, 0.15) is 24.4 Å². The number of ether oxygens (including phenoxy) is 2. The molecule has 5 heteroatoms. The fraction of sp³-hybridized carbons (Fsp3) is 0.913. The van der Waals surface area contributed by atoms with Gasteiger partial charge in [-0.15, -0.1) is 0 Å². The van der Waals surface area contributed by atoms with Crippen LogP contribution in [0.15, 0.2) is 12.2 Å². The highest BCUT2D eigenvalue weighted by molar-refractivity contribution is 4.88. The Morgan fingerprint density at radius 2 is 1.46 bits per heavy atom. The first-order valence-electron chi connectivity index (χ1n) is 11.6. The van der Waals surface area contributed by atoms with E-state index in [1.807, 2.05) is 0 Å². The van der Waals surface area contributed by atoms with Gasteiger partial charge in [-0.05, 0) is 25.7 Å². The fourth-order valence-corrected chi connectivity index (χ4v) is 3.63. The molecule has 1 heterocycles. The lowest BCUT2D eigenvalue weighted by Crippen LogP contribution is -2.42. The molecule has 0 radical (unpaired) electrons. The number of hydrogen-bond donors (Lipinski definition) is 3. The van der Waals surface area contributed by atoms with E-state index in [-0.39, 0.29) is 13.2 Å². The number of aliphatic hydroxyl groups excluding tert-OH is 3. The third-order valence-corrected chi connectivity index (χ3v) is 5.47. The minimum absolute atomic E-state index is 0.0907. The van der Waals surface area contributed by atoms with Crippen LogP contribution in [-0.4, -0.2) is 59.6 Å². The van der Waals surface area contributed by atoms with Crippen LogP contribution < -0.4 is 0 Å². The van der Waals surface area contributed by atoms with Gasteiger partial charge in [0.05, 0.1) is 13.2 Å². The standard InChI is InChI=1S/C23H44O5/c1-2-3-4-5-6-7-8-9-10-11-12-13-14-15-16-17-27-21(18-24)23-22(26)20(25)19-28-23/h13-14,20-26H,2-12,15-19H2,1H3/b14-13+/t20-,21+,22+,23+/m1/s1. The number of rotatable bonds is 18. The van der Waals surface area contributed by atoms with Crippen molar-refractivity contribution >= 4 is 0 Å². The predicted octanol–water partition coefficient (Wildman–Crippen LogP) is 4.13. The minimum Gasteiger partial charge on any atom is -0.394 e. The average molecular weight is 401 g/mol. The summed E-state index contributed by atoms with van der Waals surface area (Å²) in [6, 6.07) is 0. The Labute approximate surface area is 172 Å². The topological polar surface area (TPSA) is 79.2 Å². The molecule has 0 aliphatic carbocycles. The van der Waals surface area contributed by atoms with E-state index < -0.39 is 24.4 Å². The molecule has 1 rings (SSSR count). The van der Waals surface area contributed by atoms with E-state index >= 15 is 0 Å². The maximum atomic E-state index is 9.82. The zero-order valence-corrected chi connectivity index (χ0v) is 17.9. The third-order valence-electron chi connectivity index (χ3n) is 5.47. The monoisotopic (exact) mass is 400 g/mol. The van der Waals surface area contributed by atoms with Gasteiger partial charge in [-0.3, -0.25) is 0 Å². The summed E-state index contributed by atoms with van der Waals surface area (Å²) in [7, 11) is 0. The van der Waals surface area contributed by atoms with E-state index in [1.165, 1.54) is 64.2 Å². The summed E-state index contributed by atoms with van der Waals surface area (Å²) in [6.07, 6.45) is 18.0. The first-order valence-corrected chi connectivity index (χ1v) is 11.6. The molecule has 1 aliphatic heterocycles. The van der Waals surface area contributed by atoms with Crippen LogP contribution in [-0.2, 0) is 9.47 Å². The molecule has 4 atom stereocenters. The van der Waals surface area contributed by atoms with Crippen molar-refractivity contribution in [1.29, 1.82) is 0 Å². The van der Waals surface area contributed by atoms with Gasteiger partial charge < -0.3 is 24.8 Å². The van der Waals surface area contributed by atoms with Gasteiger partial charge in [-0.2, -0.15) is 0 Å². The second kappa shape index (κ2) is 17.4. The van der Waals surface area contributed by atoms with E-state index in [0.29, 0.717) is 6.61 Å². The smallest absolute Gasteiger partial charge is 0.114 e. The molecule has 1 fully saturated rings. The van der Waals surface area contributed by atoms with E-state index in [0.717, 1.165) is 19.3 Å². The number of hydrogen-bond acceptors (Lipinski definition) is 5. The van der Waals surface area contributed by atoms with E-state index in [2.05, 4.69) is 19.1 Å². The summed E-state index contributed by atoms with van der Waals surface area (Å²) in [4.78, 5) is 0. The summed E-state index contributed by atoms with van der Waals surface area (Å²) < 4.78 is 10.9. The van der Waals surface area contributed by atoms with Gasteiger partial charge in [0.15, 0.2) is 0 Å². The van der Waals surface area contributed by atoms with Gasteiger partial charge in [-0.1, -0.05) is 76.9 Å². The van der Waals surface area contributed by atoms with Crippen molar-refractivity contribution in [1.82, 2.24) is 0 Å². The molecule has 0 aromatic heterocycles. The molecular weight excluding hydrogens is 356 g/mol. The lowest BCUT2D eigenvalue weighted by molar-refractivity contribution is -0.101. The Balaban J connectivity index is 1.89. The van der Waals surface area contributed by atoms with Crippen LogP contribution in [0.1, 0.15) is 90.4 Å². The van der Waals surface area contributed by atoms with Crippen LogP contribution in [0.4, 0.5) is 0 Å². The third kappa shape index (κ3) is 11.5. The highest BCUT2D eigenvalue weighted by Crippen LogP contribution is 2.19. The Kier molecular flexibility index (Phi) is 15.9. The van der Waals surface area contributed by atoms with Crippen LogP contribution in [0.3, 0.4) is 0 Å². The minimum atomic E-state index is -0.988. The molecule has 5 nitrogen and oxygen atoms in total. The summed E-state index contributed by atoms with van der Waals surface area (Å²) in [5, 5.41) is 28.7. The molecule has 0 aromatic rings. The van der Waals surface area contributed by atoms with Crippen molar-refractivity contribution in [3.63, 3.8) is 0 Å². The van der Waals surface area contributed by atoms with Crippen molar-refractivity contribution in [3.05, 3.63) is 12.2 Å². The Bertz CT molecular complexity index is 374. The van der Waals surface area contributed by atoms with Gasteiger partial charge in [-0.25, -0.2) is 0 Å². The van der Waals surface area contributed by atoms with Gasteiger partial charge >= 0.3 is 0 Å². The maximum absolute atomic E-state index is 9.82. The lowest BCUT2D eigenvalue weighted by Gasteiger charge is -2.24. The molecule has 0 saturated carbocycles. The highest BCUT2D eigenvalue weighted by atomic mass is 16.6. The van der Waals surface area contributed by atoms with Crippen molar-refractivity contribution in [2.24, 2.45) is 0 Å². The van der Waals surface area contributed by atoms with Crippen LogP contribution >= 0.6 is 0 Å². The summed E-state index contributed by atoms with van der Waals surface area (Å²) in [5.74, 6) is 0. The second-order valence-corrected chi connectivity index (χ2v) is 8.03. The van der Waals surface area contributed by atoms with Gasteiger partial charge in [0.2, 0.25) is 0 Å². The van der Waals surface area contributed by atoms with Gasteiger partial charge in [0.25, 0.3) is 0 Å². The normalized spacial score (nSPS) is 23.6. The molecule has 3 N–H and O–H groups in total. The van der Waals surface area contributed by atoms with Crippen molar-refractivity contribution in [2.75, 3.05) is 19.8 Å². The molecule has 0 aromatic carbocycles. The van der Waals surface area contributed by atoms with Crippen molar-refractivity contribution < 1.29 is 24.8 Å². The second-order valence-electron chi connectivity index (χ2n) is 8.03. The largest absolute Gasteiger partial charge is 0.394 e. The Morgan fingerprint density at radius 3 is 2.00 bits per heavy atom. The zero-order valence-electron chi connectivity index (χ0n) is 17.9. The summed E-state index contributed by atoms with van der Waals surface area (Å²) in [5.41, 5.74) is 0. The Morgan fingerprint density at radius 1 is 0.893 bits per heavy atom. The number of allylic oxidation sites excluding steroid dienone is 2. The van der Waals surface area contributed by atoms with E-state index in [4.69, 9.17) is 9.47 Å². The molecule has 0 unspecified atom stereocenters. The van der Waals surface area contributed by atoms with Crippen LogP contribution in [0.5, 0.6) is 0 Å². The van der Waals surface area contributed by atoms with Gasteiger partial charge in [0, 0.05) is 6.61 Å². The average Bonchev–Trinajstić information content (AvgIpc) is 3.03. The summed E-state index contributed by atoms with van der Waals surface area (Å²) >= 11 is 0. The predicted molar refractivity (Wildman–Crippen MR) is 113 cm³/mol. The van der Waals surface area contributed by atoms with Crippen molar-refractivity contribution in [2.45, 2.75) is 115 Å². The van der Waals surface area contributed by atoms with Crippen LogP contribution in [0, 0.1) is 0 Å². The maximum Gasteiger partial charge on any atom is 0.114 e. The summed E-state index contributed by atoms with van der Waals surface area (Å²) in [6.45, 7) is 2.65. The van der Waals surface area contributed by atoms with Crippen molar-refractivity contribution in [3.8, 4) is 0 Å². The molecular formula is C23H44O5. The van der Waals surface area contributed by atoms with Crippen LogP contribution in [0.25, 0.3) is 0 Å². The Hall–Kier alpha value is -0.460. The number of unbranched alkanes of at least 4 members (excludes halogenated alkanes) is 11. The molecule has 1 saturated heterocycles. The van der Waals surface area contributed by atoms with Crippen LogP contribution in [0.2, 0.25) is 0 Å². The molecule has 1 aliphatic rings. The highest BCUT2D eigenvalue weighted by Gasteiger charge is 2.40. The molecule has 0 bridgehead atoms. The van der Waals surface area contributed by atoms with E-state index in [9.17, 15) is 15.3 Å². The van der Waals surface area contributed by atoms with E-state index in [1.54, 1.807) is 0 Å². The number of aliphatic hydroxyl groups is 3.